The van der Waals surface area contributed by atoms with Gasteiger partial charge in [-0.15, -0.1) is 0 Å². The lowest BCUT2D eigenvalue weighted by atomic mass is 9.97. The number of carboxylic acid groups (broad SMARTS) is 1. The Bertz CT molecular complexity index is 528. The maximum atomic E-state index is 12.6. The van der Waals surface area contributed by atoms with Crippen LogP contribution in [0.1, 0.15) is 36.5 Å². The topological polar surface area (TPSA) is 84.7 Å². The Balaban J connectivity index is 2.25. The normalized spacial score (nSPS) is 21.7. The molecule has 7 nitrogen and oxygen atoms in total. The third-order valence-corrected chi connectivity index (χ3v) is 3.85. The zero-order valence-corrected chi connectivity index (χ0v) is 12.4. The highest BCUT2D eigenvalue weighted by Crippen LogP contribution is 2.31. The monoisotopic (exact) mass is 295 g/mol. The molecule has 1 unspecified atom stereocenters. The van der Waals surface area contributed by atoms with Gasteiger partial charge in [0.05, 0.1) is 18.4 Å². The highest BCUT2D eigenvalue weighted by Gasteiger charge is 2.50. The zero-order valence-electron chi connectivity index (χ0n) is 12.4. The number of aryl methyl sites for hydroxylation is 1. The summed E-state index contributed by atoms with van der Waals surface area (Å²) in [7, 11) is 1.45. The van der Waals surface area contributed by atoms with Crippen LogP contribution in [0.15, 0.2) is 12.4 Å². The fourth-order valence-corrected chi connectivity index (χ4v) is 2.83. The van der Waals surface area contributed by atoms with E-state index in [1.165, 1.54) is 18.2 Å². The number of hydrogen-bond donors (Lipinski definition) is 1. The number of aromatic nitrogens is 2. The maximum Gasteiger partial charge on any atom is 0.332 e. The maximum absolute atomic E-state index is 12.6. The number of nitrogens with zero attached hydrogens (tertiary/aromatic N) is 3. The number of carbonyl (C=O) groups is 2. The highest BCUT2D eigenvalue weighted by molar-refractivity contribution is 5.98. The van der Waals surface area contributed by atoms with E-state index in [-0.39, 0.29) is 12.5 Å². The Morgan fingerprint density at radius 2 is 2.29 bits per heavy atom. The Morgan fingerprint density at radius 1 is 1.52 bits per heavy atom. The van der Waals surface area contributed by atoms with Gasteiger partial charge in [-0.1, -0.05) is 6.92 Å². The summed E-state index contributed by atoms with van der Waals surface area (Å²) in [6.07, 6.45) is 5.15. The minimum absolute atomic E-state index is 0.00281. The van der Waals surface area contributed by atoms with E-state index >= 15 is 0 Å². The summed E-state index contributed by atoms with van der Waals surface area (Å²) in [5, 5.41) is 13.7. The molecule has 2 heterocycles. The Morgan fingerprint density at radius 3 is 2.90 bits per heavy atom. The average Bonchev–Trinajstić information content (AvgIpc) is 3.06. The van der Waals surface area contributed by atoms with Crippen molar-refractivity contribution in [3.63, 3.8) is 0 Å². The molecule has 1 saturated heterocycles. The molecule has 0 aromatic carbocycles. The van der Waals surface area contributed by atoms with E-state index in [1.54, 1.807) is 10.9 Å². The first-order valence-corrected chi connectivity index (χ1v) is 7.12. The van der Waals surface area contributed by atoms with E-state index in [9.17, 15) is 14.7 Å². The van der Waals surface area contributed by atoms with Crippen LogP contribution in [0.4, 0.5) is 0 Å². The van der Waals surface area contributed by atoms with Crippen molar-refractivity contribution in [2.45, 2.75) is 38.3 Å². The SMILES string of the molecule is CCCn1cc(C(=O)N2CCCC2(COC)C(=O)O)cn1. The zero-order chi connectivity index (χ0) is 15.5. The van der Waals surface area contributed by atoms with Gasteiger partial charge in [-0.2, -0.15) is 5.10 Å². The summed E-state index contributed by atoms with van der Waals surface area (Å²) < 4.78 is 6.75. The molecule has 0 bridgehead atoms. The molecule has 0 spiro atoms. The number of rotatable bonds is 6. The van der Waals surface area contributed by atoms with E-state index in [1.807, 2.05) is 6.92 Å². The lowest BCUT2D eigenvalue weighted by Crippen LogP contribution is -2.56. The van der Waals surface area contributed by atoms with Gasteiger partial charge >= 0.3 is 5.97 Å². The second kappa shape index (κ2) is 6.26. The predicted molar refractivity (Wildman–Crippen MR) is 75.0 cm³/mol. The Hall–Kier alpha value is -1.89. The van der Waals surface area contributed by atoms with Crippen LogP contribution < -0.4 is 0 Å². The minimum Gasteiger partial charge on any atom is -0.479 e. The van der Waals surface area contributed by atoms with Crippen LogP contribution in [-0.2, 0) is 16.1 Å². The van der Waals surface area contributed by atoms with Crippen LogP contribution in [0, 0.1) is 0 Å². The standard InChI is InChI=1S/C14H21N3O4/c1-3-6-16-9-11(8-15-16)12(18)17-7-4-5-14(17,10-21-2)13(19)20/h8-9H,3-7,10H2,1-2H3,(H,19,20). The van der Waals surface area contributed by atoms with E-state index < -0.39 is 11.5 Å². The molecule has 1 atom stereocenters. The van der Waals surface area contributed by atoms with Gasteiger partial charge in [0.1, 0.15) is 0 Å². The van der Waals surface area contributed by atoms with Gasteiger partial charge in [0.2, 0.25) is 0 Å². The lowest BCUT2D eigenvalue weighted by molar-refractivity contribution is -0.151. The molecule has 1 fully saturated rings. The lowest BCUT2D eigenvalue weighted by Gasteiger charge is -2.33. The summed E-state index contributed by atoms with van der Waals surface area (Å²) in [6.45, 7) is 3.18. The van der Waals surface area contributed by atoms with Crippen LogP contribution in [0.2, 0.25) is 0 Å². The van der Waals surface area contributed by atoms with Crippen LogP contribution in [0.5, 0.6) is 0 Å². The molecule has 0 saturated carbocycles. The molecule has 116 valence electrons. The number of amides is 1. The van der Waals surface area contributed by atoms with Gasteiger partial charge < -0.3 is 14.7 Å². The van der Waals surface area contributed by atoms with E-state index in [2.05, 4.69) is 5.10 Å². The van der Waals surface area contributed by atoms with Crippen LogP contribution in [0.3, 0.4) is 0 Å². The molecular weight excluding hydrogens is 274 g/mol. The summed E-state index contributed by atoms with van der Waals surface area (Å²) in [5.74, 6) is -1.31. The van der Waals surface area contributed by atoms with Gasteiger partial charge in [0.15, 0.2) is 5.54 Å². The van der Waals surface area contributed by atoms with Crippen molar-refractivity contribution >= 4 is 11.9 Å². The second-order valence-electron chi connectivity index (χ2n) is 5.32. The molecule has 21 heavy (non-hydrogen) atoms. The fraction of sp³-hybridized carbons (Fsp3) is 0.643. The molecule has 0 aliphatic carbocycles. The molecule has 1 aromatic rings. The van der Waals surface area contributed by atoms with Gasteiger partial charge in [0, 0.05) is 26.4 Å². The molecule has 1 N–H and O–H groups in total. The smallest absolute Gasteiger partial charge is 0.332 e. The van der Waals surface area contributed by atoms with E-state index in [0.29, 0.717) is 24.9 Å². The van der Waals surface area contributed by atoms with Crippen molar-refractivity contribution < 1.29 is 19.4 Å². The third-order valence-electron chi connectivity index (χ3n) is 3.85. The number of likely N-dealkylation sites (tertiary alicyclic amines) is 1. The quantitative estimate of drug-likeness (QED) is 0.846. The molecule has 2 rings (SSSR count). The van der Waals surface area contributed by atoms with Gasteiger partial charge in [-0.3, -0.25) is 9.48 Å². The first-order chi connectivity index (χ1) is 10.0. The van der Waals surface area contributed by atoms with Crippen LogP contribution in [-0.4, -0.2) is 57.5 Å². The number of hydrogen-bond acceptors (Lipinski definition) is 4. The van der Waals surface area contributed by atoms with Crippen molar-refractivity contribution in [2.24, 2.45) is 0 Å². The van der Waals surface area contributed by atoms with Crippen molar-refractivity contribution in [2.75, 3.05) is 20.3 Å². The van der Waals surface area contributed by atoms with E-state index in [4.69, 9.17) is 4.74 Å². The van der Waals surface area contributed by atoms with Gasteiger partial charge in [-0.25, -0.2) is 4.79 Å². The summed E-state index contributed by atoms with van der Waals surface area (Å²) >= 11 is 0. The fourth-order valence-electron chi connectivity index (χ4n) is 2.83. The molecular formula is C14H21N3O4. The molecule has 1 amide bonds. The van der Waals surface area contributed by atoms with Crippen LogP contribution >= 0.6 is 0 Å². The Kier molecular flexibility index (Phi) is 4.62. The summed E-state index contributed by atoms with van der Waals surface area (Å²) in [6, 6.07) is 0. The molecule has 7 heteroatoms. The van der Waals surface area contributed by atoms with Crippen LogP contribution in [0.25, 0.3) is 0 Å². The van der Waals surface area contributed by atoms with Crippen molar-refractivity contribution in [1.82, 2.24) is 14.7 Å². The molecule has 1 aliphatic rings. The summed E-state index contributed by atoms with van der Waals surface area (Å²) in [4.78, 5) is 25.7. The number of carbonyl (C=O) groups excluding carboxylic acids is 1. The molecule has 1 aliphatic heterocycles. The Labute approximate surface area is 123 Å². The largest absolute Gasteiger partial charge is 0.479 e. The van der Waals surface area contributed by atoms with Crippen molar-refractivity contribution in [3.05, 3.63) is 18.0 Å². The number of carboxylic acids is 1. The van der Waals surface area contributed by atoms with Gasteiger partial charge in [0.25, 0.3) is 5.91 Å². The number of aliphatic carboxylic acids is 1. The molecule has 1 aromatic heterocycles. The second-order valence-corrected chi connectivity index (χ2v) is 5.32. The van der Waals surface area contributed by atoms with E-state index in [0.717, 1.165) is 13.0 Å². The average molecular weight is 295 g/mol. The number of ether oxygens (including phenoxy) is 1. The third kappa shape index (κ3) is 2.78. The number of methoxy groups -OCH3 is 1. The van der Waals surface area contributed by atoms with Crippen molar-refractivity contribution in [3.8, 4) is 0 Å². The first-order valence-electron chi connectivity index (χ1n) is 7.12. The first kappa shape index (κ1) is 15.5. The van der Waals surface area contributed by atoms with Crippen molar-refractivity contribution in [1.29, 1.82) is 0 Å². The van der Waals surface area contributed by atoms with Gasteiger partial charge in [-0.05, 0) is 19.3 Å². The summed E-state index contributed by atoms with van der Waals surface area (Å²) in [5.41, 5.74) is -0.842. The molecule has 0 radical (unpaired) electrons. The highest BCUT2D eigenvalue weighted by atomic mass is 16.5. The minimum atomic E-state index is -1.27. The predicted octanol–water partition coefficient (Wildman–Crippen LogP) is 0.999.